The molecule has 0 saturated carbocycles. The maximum atomic E-state index is 12.0. The van der Waals surface area contributed by atoms with Crippen molar-refractivity contribution in [2.24, 2.45) is 0 Å². The molecule has 1 aliphatic heterocycles. The first-order valence-corrected chi connectivity index (χ1v) is 5.27. The minimum absolute atomic E-state index is 0.0800. The minimum Gasteiger partial charge on any atom is -0.490 e. The Hall–Kier alpha value is -1.84. The third-order valence-corrected chi connectivity index (χ3v) is 2.53. The van der Waals surface area contributed by atoms with Crippen LogP contribution in [0.15, 0.2) is 24.3 Å². The maximum absolute atomic E-state index is 12.0. The fourth-order valence-corrected chi connectivity index (χ4v) is 1.64. The molecule has 2 rings (SSSR count). The zero-order valence-electron chi connectivity index (χ0n) is 9.03. The van der Waals surface area contributed by atoms with E-state index in [1.807, 2.05) is 6.07 Å². The van der Waals surface area contributed by atoms with Gasteiger partial charge in [0.05, 0.1) is 5.56 Å². The summed E-state index contributed by atoms with van der Waals surface area (Å²) in [5, 5.41) is 2.65. The Bertz CT molecular complexity index is 428. The maximum Gasteiger partial charge on any atom is 0.220 e. The van der Waals surface area contributed by atoms with E-state index in [1.165, 1.54) is 0 Å². The molecule has 1 aromatic rings. The molecule has 1 amide bonds. The van der Waals surface area contributed by atoms with Gasteiger partial charge in [-0.15, -0.1) is 0 Å². The molecule has 0 spiro atoms. The van der Waals surface area contributed by atoms with Crippen molar-refractivity contribution in [1.29, 1.82) is 0 Å². The van der Waals surface area contributed by atoms with E-state index >= 15 is 0 Å². The van der Waals surface area contributed by atoms with E-state index in [2.05, 4.69) is 5.32 Å². The number of para-hydroxylation sites is 1. The van der Waals surface area contributed by atoms with Crippen LogP contribution in [0.2, 0.25) is 0 Å². The van der Waals surface area contributed by atoms with Crippen molar-refractivity contribution in [2.45, 2.75) is 19.4 Å². The molecule has 4 heteroatoms. The number of fused-ring (bicyclic) bond motifs is 1. The Labute approximate surface area is 93.6 Å². The van der Waals surface area contributed by atoms with Gasteiger partial charge < -0.3 is 10.1 Å². The SMILES string of the molecule is CCC(=O)NC1COc2ccccc2C1=O. The van der Waals surface area contributed by atoms with E-state index in [4.69, 9.17) is 4.74 Å². The van der Waals surface area contributed by atoms with E-state index < -0.39 is 6.04 Å². The van der Waals surface area contributed by atoms with Crippen LogP contribution in [0, 0.1) is 0 Å². The first-order chi connectivity index (χ1) is 7.72. The van der Waals surface area contributed by atoms with E-state index in [1.54, 1.807) is 25.1 Å². The predicted molar refractivity (Wildman–Crippen MR) is 58.5 cm³/mol. The second kappa shape index (κ2) is 4.35. The summed E-state index contributed by atoms with van der Waals surface area (Å²) in [5.41, 5.74) is 0.537. The van der Waals surface area contributed by atoms with E-state index in [9.17, 15) is 9.59 Å². The summed E-state index contributed by atoms with van der Waals surface area (Å²) in [6.45, 7) is 1.96. The van der Waals surface area contributed by atoms with Gasteiger partial charge in [-0.05, 0) is 12.1 Å². The number of carbonyl (C=O) groups excluding carboxylic acids is 2. The van der Waals surface area contributed by atoms with Crippen molar-refractivity contribution in [2.75, 3.05) is 6.61 Å². The van der Waals surface area contributed by atoms with Gasteiger partial charge in [0.15, 0.2) is 5.78 Å². The van der Waals surface area contributed by atoms with Crippen LogP contribution in [-0.2, 0) is 4.79 Å². The third kappa shape index (κ3) is 1.91. The molecule has 4 nitrogen and oxygen atoms in total. The topological polar surface area (TPSA) is 55.4 Å². The highest BCUT2D eigenvalue weighted by molar-refractivity contribution is 6.04. The van der Waals surface area contributed by atoms with Gasteiger partial charge in [0.1, 0.15) is 18.4 Å². The molecular formula is C12H13NO3. The number of hydrogen-bond donors (Lipinski definition) is 1. The molecule has 1 N–H and O–H groups in total. The van der Waals surface area contributed by atoms with Crippen LogP contribution < -0.4 is 10.1 Å². The number of carbonyl (C=O) groups is 2. The van der Waals surface area contributed by atoms with Crippen molar-refractivity contribution >= 4 is 11.7 Å². The summed E-state index contributed by atoms with van der Waals surface area (Å²) < 4.78 is 5.42. The summed E-state index contributed by atoms with van der Waals surface area (Å²) in [6.07, 6.45) is 0.366. The molecule has 0 radical (unpaired) electrons. The summed E-state index contributed by atoms with van der Waals surface area (Å²) in [7, 11) is 0. The second-order valence-corrected chi connectivity index (χ2v) is 3.65. The monoisotopic (exact) mass is 219 g/mol. The number of rotatable bonds is 2. The molecule has 0 fully saturated rings. The van der Waals surface area contributed by atoms with E-state index in [0.717, 1.165) is 0 Å². The molecular weight excluding hydrogens is 206 g/mol. The summed E-state index contributed by atoms with van der Waals surface area (Å²) in [4.78, 5) is 23.2. The Balaban J connectivity index is 2.18. The van der Waals surface area contributed by atoms with Gasteiger partial charge in [-0.1, -0.05) is 19.1 Å². The van der Waals surface area contributed by atoms with Crippen molar-refractivity contribution < 1.29 is 14.3 Å². The van der Waals surface area contributed by atoms with Crippen molar-refractivity contribution in [1.82, 2.24) is 5.32 Å². The lowest BCUT2D eigenvalue weighted by Crippen LogP contribution is -2.46. The van der Waals surface area contributed by atoms with Crippen LogP contribution >= 0.6 is 0 Å². The molecule has 0 bridgehead atoms. The fourth-order valence-electron chi connectivity index (χ4n) is 1.64. The lowest BCUT2D eigenvalue weighted by Gasteiger charge is -2.24. The largest absolute Gasteiger partial charge is 0.490 e. The van der Waals surface area contributed by atoms with Crippen molar-refractivity contribution in [3.63, 3.8) is 0 Å². The van der Waals surface area contributed by atoms with Crippen LogP contribution in [0.3, 0.4) is 0 Å². The number of ether oxygens (including phenoxy) is 1. The number of ketones is 1. The van der Waals surface area contributed by atoms with Gasteiger partial charge in [0.25, 0.3) is 0 Å². The Morgan fingerprint density at radius 3 is 3.00 bits per heavy atom. The van der Waals surface area contributed by atoms with Crippen molar-refractivity contribution in [3.8, 4) is 5.75 Å². The van der Waals surface area contributed by atoms with E-state index in [0.29, 0.717) is 17.7 Å². The number of nitrogens with one attached hydrogen (secondary N) is 1. The van der Waals surface area contributed by atoms with Gasteiger partial charge in [-0.25, -0.2) is 0 Å². The quantitative estimate of drug-likeness (QED) is 0.812. The molecule has 1 unspecified atom stereocenters. The minimum atomic E-state index is -0.553. The first-order valence-electron chi connectivity index (χ1n) is 5.27. The smallest absolute Gasteiger partial charge is 0.220 e. The lowest BCUT2D eigenvalue weighted by atomic mass is 10.0. The van der Waals surface area contributed by atoms with Crippen LogP contribution in [0.25, 0.3) is 0 Å². The number of Topliss-reactive ketones (excluding diaryl/α,β-unsaturated/α-hetero) is 1. The molecule has 0 aromatic heterocycles. The van der Waals surface area contributed by atoms with Gasteiger partial charge in [-0.2, -0.15) is 0 Å². The predicted octanol–water partition coefficient (Wildman–Crippen LogP) is 1.16. The highest BCUT2D eigenvalue weighted by atomic mass is 16.5. The van der Waals surface area contributed by atoms with Crippen LogP contribution in [0.4, 0.5) is 0 Å². The Kier molecular flexibility index (Phi) is 2.90. The molecule has 1 atom stereocenters. The second-order valence-electron chi connectivity index (χ2n) is 3.65. The van der Waals surface area contributed by atoms with E-state index in [-0.39, 0.29) is 18.3 Å². The Morgan fingerprint density at radius 2 is 2.25 bits per heavy atom. The number of amides is 1. The average molecular weight is 219 g/mol. The van der Waals surface area contributed by atoms with Crippen LogP contribution in [0.5, 0.6) is 5.75 Å². The first kappa shape index (κ1) is 10.7. The zero-order valence-corrected chi connectivity index (χ0v) is 9.03. The van der Waals surface area contributed by atoms with Gasteiger partial charge in [0.2, 0.25) is 5.91 Å². The van der Waals surface area contributed by atoms with Crippen LogP contribution in [0.1, 0.15) is 23.7 Å². The lowest BCUT2D eigenvalue weighted by molar-refractivity contribution is -0.121. The standard InChI is InChI=1S/C12H13NO3/c1-2-11(14)13-9-7-16-10-6-4-3-5-8(10)12(9)15/h3-6,9H,2,7H2,1H3,(H,13,14). The fraction of sp³-hybridized carbons (Fsp3) is 0.333. The summed E-state index contributed by atoms with van der Waals surface area (Å²) >= 11 is 0. The average Bonchev–Trinajstić information content (AvgIpc) is 2.33. The molecule has 1 heterocycles. The summed E-state index contributed by atoms with van der Waals surface area (Å²) in [5.74, 6) is 0.375. The summed E-state index contributed by atoms with van der Waals surface area (Å²) in [6, 6.07) is 6.51. The molecule has 1 aliphatic rings. The van der Waals surface area contributed by atoms with Crippen molar-refractivity contribution in [3.05, 3.63) is 29.8 Å². The zero-order chi connectivity index (χ0) is 11.5. The van der Waals surface area contributed by atoms with Crippen LogP contribution in [-0.4, -0.2) is 24.3 Å². The van der Waals surface area contributed by atoms with Gasteiger partial charge >= 0.3 is 0 Å². The molecule has 16 heavy (non-hydrogen) atoms. The molecule has 0 aliphatic carbocycles. The number of benzene rings is 1. The molecule has 84 valence electrons. The third-order valence-electron chi connectivity index (χ3n) is 2.53. The Morgan fingerprint density at radius 1 is 1.50 bits per heavy atom. The molecule has 0 saturated heterocycles. The van der Waals surface area contributed by atoms with Gasteiger partial charge in [0, 0.05) is 6.42 Å². The highest BCUT2D eigenvalue weighted by Gasteiger charge is 2.29. The molecule has 1 aromatic carbocycles. The highest BCUT2D eigenvalue weighted by Crippen LogP contribution is 2.23. The van der Waals surface area contributed by atoms with Gasteiger partial charge in [-0.3, -0.25) is 9.59 Å². The number of hydrogen-bond acceptors (Lipinski definition) is 3. The normalized spacial score (nSPS) is 18.6.